The van der Waals surface area contributed by atoms with Crippen LogP contribution in [0.2, 0.25) is 0 Å². The topological polar surface area (TPSA) is 70.7 Å². The maximum atomic E-state index is 14.1. The van der Waals surface area contributed by atoms with Crippen molar-refractivity contribution in [3.63, 3.8) is 0 Å². The molecule has 166 valence electrons. The Hall–Kier alpha value is -1.67. The van der Waals surface area contributed by atoms with Gasteiger partial charge in [0.2, 0.25) is 0 Å². The number of nitrogens with zero attached hydrogens (tertiary/aromatic N) is 1. The number of nitrogens with one attached hydrogen (secondary N) is 2. The van der Waals surface area contributed by atoms with E-state index in [1.54, 1.807) is 31.1 Å². The number of unbranched alkanes of at least 4 members (excludes halogenated alkanes) is 2. The van der Waals surface area contributed by atoms with Crippen molar-refractivity contribution in [2.45, 2.75) is 50.5 Å². The third kappa shape index (κ3) is 8.41. The molecule has 0 spiro atoms. The van der Waals surface area contributed by atoms with Gasteiger partial charge in [-0.1, -0.05) is 24.4 Å². The summed E-state index contributed by atoms with van der Waals surface area (Å²) in [5, 5.41) is 1.19. The monoisotopic (exact) mass is 445 g/mol. The van der Waals surface area contributed by atoms with Gasteiger partial charge in [0.25, 0.3) is 0 Å². The fourth-order valence-electron chi connectivity index (χ4n) is 3.11. The summed E-state index contributed by atoms with van der Waals surface area (Å²) in [6.07, 6.45) is 5.26. The molecule has 1 fully saturated rings. The van der Waals surface area contributed by atoms with Crippen molar-refractivity contribution < 1.29 is 18.7 Å². The van der Waals surface area contributed by atoms with E-state index in [1.807, 2.05) is 6.92 Å². The van der Waals surface area contributed by atoms with E-state index in [9.17, 15) is 14.0 Å². The van der Waals surface area contributed by atoms with Gasteiger partial charge >= 0.3 is 6.03 Å². The van der Waals surface area contributed by atoms with Gasteiger partial charge < -0.3 is 19.7 Å². The normalized spacial score (nSPS) is 14.7. The summed E-state index contributed by atoms with van der Waals surface area (Å²) >= 11 is 1.59. The largest absolute Gasteiger partial charge is 0.504 e. The number of halogens is 1. The van der Waals surface area contributed by atoms with Gasteiger partial charge in [-0.05, 0) is 56.2 Å². The van der Waals surface area contributed by atoms with Crippen LogP contribution in [-0.4, -0.2) is 64.2 Å². The predicted octanol–water partition coefficient (Wildman–Crippen LogP) is 2.91. The third-order valence-corrected chi connectivity index (χ3v) is 6.20. The molecule has 6 nitrogen and oxygen atoms in total. The zero-order valence-corrected chi connectivity index (χ0v) is 19.1. The summed E-state index contributed by atoms with van der Waals surface area (Å²) in [5.41, 5.74) is 0.880. The van der Waals surface area contributed by atoms with E-state index in [4.69, 9.17) is 20.4 Å². The SMILES string of the molecule is [B]C([B])(Oc1cc(C(C)NSCCCCCN(CC=O)C(=O)NC)ccc1F)C1CC1. The molecule has 1 atom stereocenters. The molecular weight excluding hydrogens is 415 g/mol. The summed E-state index contributed by atoms with van der Waals surface area (Å²) in [6.45, 7) is 2.65. The quantitative estimate of drug-likeness (QED) is 0.200. The smallest absolute Gasteiger partial charge is 0.317 e. The van der Waals surface area contributed by atoms with Gasteiger partial charge in [-0.3, -0.25) is 4.72 Å². The number of aldehydes is 1. The van der Waals surface area contributed by atoms with Crippen LogP contribution in [-0.2, 0) is 4.79 Å². The molecule has 4 radical (unpaired) electrons. The Labute approximate surface area is 191 Å². The molecule has 1 aliphatic carbocycles. The van der Waals surface area contributed by atoms with Crippen LogP contribution < -0.4 is 14.8 Å². The minimum atomic E-state index is -1.34. The van der Waals surface area contributed by atoms with Gasteiger partial charge in [-0.15, -0.1) is 0 Å². The minimum Gasteiger partial charge on any atom is -0.504 e. The molecule has 1 aliphatic rings. The summed E-state index contributed by atoms with van der Waals surface area (Å²) in [5.74, 6) is 0.538. The lowest BCUT2D eigenvalue weighted by molar-refractivity contribution is -0.108. The first-order valence-corrected chi connectivity index (χ1v) is 11.6. The highest BCUT2D eigenvalue weighted by Gasteiger charge is 2.39. The van der Waals surface area contributed by atoms with Crippen LogP contribution in [0.5, 0.6) is 5.75 Å². The van der Waals surface area contributed by atoms with Crippen molar-refractivity contribution >= 4 is 40.0 Å². The lowest BCUT2D eigenvalue weighted by Crippen LogP contribution is -2.40. The number of urea groups is 1. The van der Waals surface area contributed by atoms with Crippen LogP contribution in [0.1, 0.15) is 50.6 Å². The number of rotatable bonds is 14. The molecule has 1 saturated carbocycles. The first-order valence-electron chi connectivity index (χ1n) is 10.6. The summed E-state index contributed by atoms with van der Waals surface area (Å²) in [4.78, 5) is 23.8. The number of amides is 2. The van der Waals surface area contributed by atoms with E-state index in [0.717, 1.165) is 49.7 Å². The van der Waals surface area contributed by atoms with Crippen LogP contribution in [0.4, 0.5) is 9.18 Å². The number of hydrogen-bond acceptors (Lipinski definition) is 5. The van der Waals surface area contributed by atoms with Crippen LogP contribution in [0.3, 0.4) is 0 Å². The Bertz CT molecular complexity index is 738. The van der Waals surface area contributed by atoms with Gasteiger partial charge in [0.1, 0.15) is 22.0 Å². The van der Waals surface area contributed by atoms with Gasteiger partial charge in [-0.25, -0.2) is 9.18 Å². The third-order valence-electron chi connectivity index (χ3n) is 5.19. The first-order chi connectivity index (χ1) is 14.8. The lowest BCUT2D eigenvalue weighted by atomic mass is 9.62. The van der Waals surface area contributed by atoms with E-state index in [0.29, 0.717) is 6.54 Å². The molecule has 0 saturated heterocycles. The van der Waals surface area contributed by atoms with Gasteiger partial charge in [-0.2, -0.15) is 0 Å². The molecule has 1 aromatic carbocycles. The molecule has 1 unspecified atom stereocenters. The Kier molecular flexibility index (Phi) is 10.2. The molecule has 1 aromatic rings. The summed E-state index contributed by atoms with van der Waals surface area (Å²) in [7, 11) is 13.5. The molecule has 0 aromatic heterocycles. The number of carbonyl (C=O) groups is 2. The first kappa shape index (κ1) is 25.6. The Morgan fingerprint density at radius 1 is 1.39 bits per heavy atom. The highest BCUT2D eigenvalue weighted by atomic mass is 32.2. The van der Waals surface area contributed by atoms with Gasteiger partial charge in [0, 0.05) is 30.8 Å². The van der Waals surface area contributed by atoms with Crippen LogP contribution in [0.25, 0.3) is 0 Å². The van der Waals surface area contributed by atoms with E-state index < -0.39 is 11.2 Å². The van der Waals surface area contributed by atoms with Gasteiger partial charge in [0.15, 0.2) is 11.6 Å². The molecule has 0 bridgehead atoms. The average molecular weight is 445 g/mol. The zero-order chi connectivity index (χ0) is 22.9. The van der Waals surface area contributed by atoms with E-state index >= 15 is 0 Å². The predicted molar refractivity (Wildman–Crippen MR) is 124 cm³/mol. The van der Waals surface area contributed by atoms with E-state index in [2.05, 4.69) is 10.0 Å². The van der Waals surface area contributed by atoms with Crippen molar-refractivity contribution in [1.29, 1.82) is 0 Å². The minimum absolute atomic E-state index is 0.0184. The molecular formula is C21H30B2FN3O3S. The lowest BCUT2D eigenvalue weighted by Gasteiger charge is -2.28. The van der Waals surface area contributed by atoms with E-state index in [-0.39, 0.29) is 30.3 Å². The highest BCUT2D eigenvalue weighted by molar-refractivity contribution is 7.97. The zero-order valence-electron chi connectivity index (χ0n) is 18.2. The molecule has 31 heavy (non-hydrogen) atoms. The summed E-state index contributed by atoms with van der Waals surface area (Å²) < 4.78 is 23.1. The molecule has 2 rings (SSSR count). The van der Waals surface area contributed by atoms with Crippen molar-refractivity contribution in [2.24, 2.45) is 5.92 Å². The standard InChI is InChI=1S/C21H30B2FN3O3S/c1-15(26-31-13-5-3-4-10-27(11-12-28)20(29)25-2)16-6-9-18(24)19(14-16)30-21(22,23)17-7-8-17/h6,9,12,14-15,17,26H,3-5,7-8,10-11,13H2,1-2H3,(H,25,29). The van der Waals surface area contributed by atoms with Crippen molar-refractivity contribution in [3.8, 4) is 5.75 Å². The Morgan fingerprint density at radius 2 is 2.13 bits per heavy atom. The second kappa shape index (κ2) is 12.4. The average Bonchev–Trinajstić information content (AvgIpc) is 3.59. The molecule has 2 amide bonds. The Balaban J connectivity index is 1.70. The fourth-order valence-corrected chi connectivity index (χ4v) is 3.96. The molecule has 0 heterocycles. The van der Waals surface area contributed by atoms with Gasteiger partial charge in [0.05, 0.1) is 6.54 Å². The van der Waals surface area contributed by atoms with E-state index in [1.165, 1.54) is 11.0 Å². The van der Waals surface area contributed by atoms with Crippen molar-refractivity contribution in [1.82, 2.24) is 14.9 Å². The van der Waals surface area contributed by atoms with Crippen molar-refractivity contribution in [3.05, 3.63) is 29.6 Å². The number of benzene rings is 1. The molecule has 10 heteroatoms. The van der Waals surface area contributed by atoms with Crippen LogP contribution in [0, 0.1) is 11.7 Å². The number of hydrogen-bond donors (Lipinski definition) is 2. The second-order valence-corrected chi connectivity index (χ2v) is 8.77. The molecule has 0 aliphatic heterocycles. The van der Waals surface area contributed by atoms with Crippen LogP contribution in [0.15, 0.2) is 18.2 Å². The molecule has 2 N–H and O–H groups in total. The number of carbonyl (C=O) groups excluding carboxylic acids is 2. The second-order valence-electron chi connectivity index (χ2n) is 7.84. The van der Waals surface area contributed by atoms with Crippen LogP contribution >= 0.6 is 11.9 Å². The maximum absolute atomic E-state index is 14.1. The highest BCUT2D eigenvalue weighted by Crippen LogP contribution is 2.39. The number of ether oxygens (including phenoxy) is 1. The van der Waals surface area contributed by atoms with Crippen molar-refractivity contribution in [2.75, 3.05) is 25.9 Å². The fraction of sp³-hybridized carbons (Fsp3) is 0.619. The summed E-state index contributed by atoms with van der Waals surface area (Å²) in [6, 6.07) is 4.47. The maximum Gasteiger partial charge on any atom is 0.317 e. The Morgan fingerprint density at radius 3 is 2.77 bits per heavy atom.